The Morgan fingerprint density at radius 3 is 0.897 bits per heavy atom. The molecule has 0 saturated carbocycles. The molecule has 3 aromatic heterocycles. The van der Waals surface area contributed by atoms with Gasteiger partial charge < -0.3 is 0 Å². The molecule has 0 aliphatic heterocycles. The van der Waals surface area contributed by atoms with E-state index in [0.717, 1.165) is 17.1 Å². The third kappa shape index (κ3) is 3.89. The van der Waals surface area contributed by atoms with Crippen molar-refractivity contribution in [1.29, 1.82) is 0 Å². The molecule has 0 spiro atoms. The van der Waals surface area contributed by atoms with Crippen LogP contribution in [0.5, 0.6) is 0 Å². The molecule has 3 aromatic rings. The monoisotopic (exact) mass is 396 g/mol. The van der Waals surface area contributed by atoms with Crippen LogP contribution in [0, 0.1) is 0 Å². The van der Waals surface area contributed by atoms with Gasteiger partial charge >= 0.3 is 0 Å². The quantitative estimate of drug-likeness (QED) is 0.633. The Hall–Kier alpha value is -2.37. The van der Waals surface area contributed by atoms with E-state index < -0.39 is 5.79 Å². The molecule has 0 radical (unpaired) electrons. The number of rotatable bonds is 3. The van der Waals surface area contributed by atoms with E-state index in [9.17, 15) is 0 Å². The van der Waals surface area contributed by atoms with Crippen molar-refractivity contribution in [2.75, 3.05) is 0 Å². The molecule has 0 unspecified atom stereocenters. The second-order valence-electron chi connectivity index (χ2n) is 11.2. The van der Waals surface area contributed by atoms with Crippen molar-refractivity contribution in [2.24, 2.45) is 0 Å². The highest BCUT2D eigenvalue weighted by molar-refractivity contribution is 5.16. The minimum absolute atomic E-state index is 0.0342. The van der Waals surface area contributed by atoms with Crippen LogP contribution in [0.25, 0.3) is 0 Å². The van der Waals surface area contributed by atoms with E-state index in [1.807, 2.05) is 32.6 Å². The second-order valence-corrected chi connectivity index (χ2v) is 11.2. The lowest BCUT2D eigenvalue weighted by Crippen LogP contribution is -2.47. The van der Waals surface area contributed by atoms with Crippen molar-refractivity contribution in [2.45, 2.75) is 91.3 Å². The molecule has 0 amide bonds. The summed E-state index contributed by atoms with van der Waals surface area (Å²) in [4.78, 5) is 0. The van der Waals surface area contributed by atoms with Crippen LogP contribution in [-0.4, -0.2) is 29.3 Å². The van der Waals surface area contributed by atoms with Crippen molar-refractivity contribution in [3.8, 4) is 0 Å². The van der Waals surface area contributed by atoms with Crippen molar-refractivity contribution in [3.05, 3.63) is 53.9 Å². The molecule has 0 aliphatic carbocycles. The molecule has 6 nitrogen and oxygen atoms in total. The van der Waals surface area contributed by atoms with Crippen LogP contribution in [0.2, 0.25) is 0 Å². The summed E-state index contributed by atoms with van der Waals surface area (Å²) in [5, 5.41) is 14.8. The molecule has 0 atom stereocenters. The first-order valence-corrected chi connectivity index (χ1v) is 10.3. The Bertz CT molecular complexity index is 855. The molecule has 0 N–H and O–H groups in total. The fourth-order valence-corrected chi connectivity index (χ4v) is 3.19. The van der Waals surface area contributed by atoms with Crippen molar-refractivity contribution in [3.63, 3.8) is 0 Å². The zero-order valence-corrected chi connectivity index (χ0v) is 19.6. The minimum atomic E-state index is -0.740. The van der Waals surface area contributed by atoms with Crippen LogP contribution >= 0.6 is 0 Å². The van der Waals surface area contributed by atoms with E-state index in [1.165, 1.54) is 0 Å². The fraction of sp³-hybridized carbons (Fsp3) is 0.609. The van der Waals surface area contributed by atoms with Crippen LogP contribution in [0.4, 0.5) is 0 Å². The van der Waals surface area contributed by atoms with Crippen molar-refractivity contribution < 1.29 is 0 Å². The van der Waals surface area contributed by atoms with Crippen LogP contribution in [-0.2, 0) is 22.0 Å². The lowest BCUT2D eigenvalue weighted by atomic mass is 9.93. The SMILES string of the molecule is CC(C)(C)c1ccn(C(C)(n2ccc(C(C)(C)C)n2)n2ccc(C(C)(C)C)n2)n1. The molecule has 29 heavy (non-hydrogen) atoms. The summed E-state index contributed by atoms with van der Waals surface area (Å²) in [6.07, 6.45) is 6.08. The third-order valence-corrected chi connectivity index (χ3v) is 5.37. The van der Waals surface area contributed by atoms with Gasteiger partial charge in [-0.25, -0.2) is 14.0 Å². The molecule has 0 saturated heterocycles. The van der Waals surface area contributed by atoms with Crippen LogP contribution < -0.4 is 0 Å². The van der Waals surface area contributed by atoms with Crippen molar-refractivity contribution >= 4 is 0 Å². The van der Waals surface area contributed by atoms with E-state index in [4.69, 9.17) is 15.3 Å². The number of hydrogen-bond donors (Lipinski definition) is 0. The standard InChI is InChI=1S/C23H36N6/c1-20(2,3)17-11-14-27(24-17)23(10,28-15-12-18(25-28)21(4,5)6)29-16-13-19(26-29)22(7,8)9/h11-16H,1-10H3. The first-order valence-electron chi connectivity index (χ1n) is 10.3. The summed E-state index contributed by atoms with van der Waals surface area (Å²) in [5.41, 5.74) is 3.01. The maximum atomic E-state index is 4.94. The van der Waals surface area contributed by atoms with Gasteiger partial charge in [-0.2, -0.15) is 15.3 Å². The smallest absolute Gasteiger partial charge is 0.225 e. The number of nitrogens with zero attached hydrogens (tertiary/aromatic N) is 6. The molecule has 3 rings (SSSR count). The van der Waals surface area contributed by atoms with Gasteiger partial charge in [0.25, 0.3) is 0 Å². The van der Waals surface area contributed by atoms with Gasteiger partial charge in [-0.3, -0.25) is 0 Å². The molecule has 0 aromatic carbocycles. The maximum Gasteiger partial charge on any atom is 0.245 e. The summed E-state index contributed by atoms with van der Waals surface area (Å²) in [7, 11) is 0. The van der Waals surface area contributed by atoms with Gasteiger partial charge in [0.2, 0.25) is 5.79 Å². The van der Waals surface area contributed by atoms with E-state index in [-0.39, 0.29) is 16.2 Å². The Morgan fingerprint density at radius 2 is 0.724 bits per heavy atom. The average Bonchev–Trinajstić information content (AvgIpc) is 3.30. The lowest BCUT2D eigenvalue weighted by Gasteiger charge is -2.32. The molecule has 3 heterocycles. The van der Waals surface area contributed by atoms with Gasteiger partial charge in [0.1, 0.15) is 0 Å². The average molecular weight is 397 g/mol. The molecule has 6 heteroatoms. The van der Waals surface area contributed by atoms with Gasteiger partial charge in [-0.15, -0.1) is 0 Å². The number of hydrogen-bond acceptors (Lipinski definition) is 3. The van der Waals surface area contributed by atoms with Gasteiger partial charge in [-0.05, 0) is 18.2 Å². The molecule has 0 aliphatic rings. The first-order chi connectivity index (χ1) is 13.1. The summed E-state index contributed by atoms with van der Waals surface area (Å²) in [6, 6.07) is 6.25. The van der Waals surface area contributed by atoms with Gasteiger partial charge in [0.15, 0.2) is 0 Å². The van der Waals surface area contributed by atoms with Crippen LogP contribution in [0.3, 0.4) is 0 Å². The molecule has 0 fully saturated rings. The normalized spacial score (nSPS) is 13.9. The fourth-order valence-electron chi connectivity index (χ4n) is 3.19. The first kappa shape index (κ1) is 21.3. The molecule has 158 valence electrons. The predicted molar refractivity (Wildman–Crippen MR) is 117 cm³/mol. The topological polar surface area (TPSA) is 53.5 Å². The zero-order chi connectivity index (χ0) is 21.8. The Labute approximate surface area is 174 Å². The largest absolute Gasteiger partial charge is 0.245 e. The lowest BCUT2D eigenvalue weighted by molar-refractivity contribution is 0.137. The number of aromatic nitrogens is 6. The summed E-state index contributed by atoms with van der Waals surface area (Å²) in [5.74, 6) is -0.740. The molecular weight excluding hydrogens is 360 g/mol. The van der Waals surface area contributed by atoms with Gasteiger partial charge in [-0.1, -0.05) is 62.3 Å². The van der Waals surface area contributed by atoms with E-state index in [0.29, 0.717) is 0 Å². The highest BCUT2D eigenvalue weighted by Gasteiger charge is 2.36. The third-order valence-electron chi connectivity index (χ3n) is 5.37. The summed E-state index contributed by atoms with van der Waals surface area (Å²) < 4.78 is 5.89. The molecule has 0 bridgehead atoms. The van der Waals surface area contributed by atoms with Gasteiger partial charge in [0.05, 0.1) is 17.1 Å². The van der Waals surface area contributed by atoms with E-state index >= 15 is 0 Å². The van der Waals surface area contributed by atoms with E-state index in [1.54, 1.807) is 0 Å². The van der Waals surface area contributed by atoms with Crippen LogP contribution in [0.15, 0.2) is 36.8 Å². The maximum absolute atomic E-state index is 4.94. The van der Waals surface area contributed by atoms with Crippen molar-refractivity contribution in [1.82, 2.24) is 29.3 Å². The van der Waals surface area contributed by atoms with E-state index in [2.05, 4.69) is 87.4 Å². The zero-order valence-electron chi connectivity index (χ0n) is 19.6. The highest BCUT2D eigenvalue weighted by Crippen LogP contribution is 2.29. The predicted octanol–water partition coefficient (Wildman–Crippen LogP) is 4.90. The highest BCUT2D eigenvalue weighted by atomic mass is 15.6. The molecular formula is C23H36N6. The summed E-state index contributed by atoms with van der Waals surface area (Å²) >= 11 is 0. The Kier molecular flexibility index (Phi) is 4.84. The minimum Gasteiger partial charge on any atom is -0.225 e. The second kappa shape index (κ2) is 6.57. The van der Waals surface area contributed by atoms with Crippen LogP contribution in [0.1, 0.15) is 86.3 Å². The Balaban J connectivity index is 2.20. The Morgan fingerprint density at radius 1 is 0.483 bits per heavy atom. The van der Waals surface area contributed by atoms with Gasteiger partial charge in [0, 0.05) is 41.8 Å². The summed E-state index contributed by atoms with van der Waals surface area (Å²) in [6.45, 7) is 21.7.